The van der Waals surface area contributed by atoms with Crippen molar-refractivity contribution < 1.29 is 93.8 Å². The maximum absolute atomic E-state index is 15.0. The fourth-order valence-corrected chi connectivity index (χ4v) is 14.8. The lowest BCUT2D eigenvalue weighted by Crippen LogP contribution is -2.67. The van der Waals surface area contributed by atoms with E-state index in [-0.39, 0.29) is 46.0 Å². The molecule has 7 fully saturated rings. The molecule has 8 aliphatic rings. The molecule has 0 radical (unpaired) electrons. The molecule has 8 rings (SSSR count). The van der Waals surface area contributed by atoms with Crippen LogP contribution in [0.3, 0.4) is 0 Å². The molecule has 0 amide bonds. The van der Waals surface area contributed by atoms with Gasteiger partial charge in [-0.2, -0.15) is 0 Å². The first kappa shape index (κ1) is 53.4. The zero-order valence-corrected chi connectivity index (χ0v) is 41.5. The van der Waals surface area contributed by atoms with Gasteiger partial charge in [0.1, 0.15) is 73.8 Å². The van der Waals surface area contributed by atoms with Gasteiger partial charge in [-0.3, -0.25) is 9.59 Å². The van der Waals surface area contributed by atoms with Crippen molar-refractivity contribution >= 4 is 11.9 Å². The van der Waals surface area contributed by atoms with Crippen molar-refractivity contribution in [1.29, 1.82) is 0 Å². The summed E-state index contributed by atoms with van der Waals surface area (Å²) in [6.45, 7) is 17.0. The van der Waals surface area contributed by atoms with Crippen LogP contribution in [0.15, 0.2) is 11.6 Å². The van der Waals surface area contributed by atoms with E-state index in [1.54, 1.807) is 0 Å². The van der Waals surface area contributed by atoms with Gasteiger partial charge in [-0.25, -0.2) is 0 Å². The Bertz CT molecular complexity index is 1930. The number of carbonyl (C=O) groups excluding carboxylic acids is 2. The van der Waals surface area contributed by atoms with Gasteiger partial charge in [-0.1, -0.05) is 60.1 Å². The number of ether oxygens (including phenoxy) is 7. The van der Waals surface area contributed by atoms with Crippen LogP contribution in [-0.4, -0.2) is 181 Å². The molecule has 3 saturated heterocycles. The molecule has 5 aliphatic carbocycles. The zero-order valence-electron chi connectivity index (χ0n) is 41.5. The number of aliphatic hydroxyl groups excluding tert-OH is 10. The molecule has 0 aromatic carbocycles. The standard InChI is InChI=1S/C50H80O19/c1-22-32(54)34(56)37(59)42(65-22)68-40-28(21-63-23(2)51)67-41(39(61)36(40)58)64-20-27-33(55)35(57)38(60)43(66-27)69-44(62)50-15-12-25-24(26(50)18-45(3,4)31(53)19-50)10-11-29-47(25,7)16-17-49(9)46(5,6)30(52)13-14-48(29,49)8/h10,22,25-43,52-61H,11-21H2,1-9H3/t22-,25+,26-,27+,28+,29-,30+,31+,32-,33+,34+,35-,36+,37+,38+,39+,40+,41+,42-,43-,47-,48+,49-,50+/m0/s1. The number of hydrogen-bond acceptors (Lipinski definition) is 19. The summed E-state index contributed by atoms with van der Waals surface area (Å²) in [7, 11) is 0. The number of carbonyl (C=O) groups is 2. The number of allylic oxidation sites excluding steroid dienone is 2. The summed E-state index contributed by atoms with van der Waals surface area (Å²) in [5.74, 6) is -1.23. The smallest absolute Gasteiger partial charge is 0.315 e. The summed E-state index contributed by atoms with van der Waals surface area (Å²) in [4.78, 5) is 26.8. The highest BCUT2D eigenvalue weighted by Crippen LogP contribution is 2.76. The monoisotopic (exact) mass is 985 g/mol. The van der Waals surface area contributed by atoms with Crippen LogP contribution >= 0.6 is 0 Å². The highest BCUT2D eigenvalue weighted by Gasteiger charge is 2.70. The SMILES string of the molecule is CC(=O)OC[C@H]1O[C@@H](OC[C@H]2O[C@@H](OC(=O)[C@@]34CC[C@@H]5C(=CC[C@H]6[C@@]5(C)CC[C@@]5(C)C(C)(C)[C@H](O)CC[C@]65C)[C@@H]3CC(C)(C)[C@H](O)C4)[C@H](O)[C@@H](O)[C@@H]2O)[C@H](O)[C@@H](O)[C@@H]1O[C@@H]1O[C@@H](C)[C@H](O)[C@@H](O)[C@H]1O. The van der Waals surface area contributed by atoms with E-state index in [1.807, 2.05) is 13.8 Å². The molecule has 19 nitrogen and oxygen atoms in total. The third-order valence-corrected chi connectivity index (χ3v) is 20.0. The Morgan fingerprint density at radius 3 is 1.97 bits per heavy atom. The Morgan fingerprint density at radius 2 is 1.29 bits per heavy atom. The van der Waals surface area contributed by atoms with Gasteiger partial charge in [-0.05, 0) is 110 Å². The van der Waals surface area contributed by atoms with Gasteiger partial charge in [0.15, 0.2) is 12.6 Å². The number of fused-ring (bicyclic) bond motifs is 7. The van der Waals surface area contributed by atoms with Crippen LogP contribution < -0.4 is 0 Å². The molecule has 0 aromatic rings. The van der Waals surface area contributed by atoms with E-state index in [2.05, 4.69) is 40.7 Å². The fraction of sp³-hybridized carbons (Fsp3) is 0.920. The van der Waals surface area contributed by atoms with E-state index >= 15 is 0 Å². The molecular weight excluding hydrogens is 905 g/mol. The van der Waals surface area contributed by atoms with Crippen molar-refractivity contribution in [2.45, 2.75) is 224 Å². The van der Waals surface area contributed by atoms with Gasteiger partial charge in [0.05, 0.1) is 30.3 Å². The van der Waals surface area contributed by atoms with Crippen molar-refractivity contribution in [2.24, 2.45) is 50.2 Å². The van der Waals surface area contributed by atoms with Crippen molar-refractivity contribution in [3.8, 4) is 0 Å². The van der Waals surface area contributed by atoms with Gasteiger partial charge < -0.3 is 84.2 Å². The van der Waals surface area contributed by atoms with Crippen LogP contribution in [0.4, 0.5) is 0 Å². The Morgan fingerprint density at radius 1 is 0.652 bits per heavy atom. The van der Waals surface area contributed by atoms with Crippen molar-refractivity contribution in [3.63, 3.8) is 0 Å². The number of aliphatic hydroxyl groups is 10. The molecule has 394 valence electrons. The van der Waals surface area contributed by atoms with Gasteiger partial charge in [0, 0.05) is 6.92 Å². The minimum atomic E-state index is -1.90. The Hall–Kier alpha value is -1.92. The Balaban J connectivity index is 0.989. The average Bonchev–Trinajstić information content (AvgIpc) is 3.29. The van der Waals surface area contributed by atoms with Crippen LogP contribution in [-0.2, 0) is 42.7 Å². The van der Waals surface area contributed by atoms with E-state index in [4.69, 9.17) is 33.2 Å². The van der Waals surface area contributed by atoms with Crippen LogP contribution in [0, 0.1) is 50.2 Å². The predicted molar refractivity (Wildman–Crippen MR) is 240 cm³/mol. The van der Waals surface area contributed by atoms with Gasteiger partial charge in [0.25, 0.3) is 0 Å². The second-order valence-electron chi connectivity index (χ2n) is 24.1. The summed E-state index contributed by atoms with van der Waals surface area (Å²) >= 11 is 0. The quantitative estimate of drug-likeness (QED) is 0.112. The Kier molecular flexibility index (Phi) is 14.5. The molecule has 0 aromatic heterocycles. The lowest BCUT2D eigenvalue weighted by Gasteiger charge is -2.72. The predicted octanol–water partition coefficient (Wildman–Crippen LogP) is 0.710. The van der Waals surface area contributed by atoms with Crippen molar-refractivity contribution in [3.05, 3.63) is 11.6 Å². The minimum absolute atomic E-state index is 0.0332. The highest BCUT2D eigenvalue weighted by molar-refractivity contribution is 5.79. The van der Waals surface area contributed by atoms with Crippen molar-refractivity contribution in [2.75, 3.05) is 13.2 Å². The lowest BCUT2D eigenvalue weighted by molar-refractivity contribution is -0.361. The van der Waals surface area contributed by atoms with Crippen molar-refractivity contribution in [1.82, 2.24) is 0 Å². The number of rotatable bonds is 9. The third kappa shape index (κ3) is 8.56. The third-order valence-electron chi connectivity index (χ3n) is 20.0. The number of hydrogen-bond donors (Lipinski definition) is 10. The molecule has 0 bridgehead atoms. The van der Waals surface area contributed by atoms with E-state index in [0.717, 1.165) is 39.0 Å². The fourth-order valence-electron chi connectivity index (χ4n) is 14.8. The normalized spacial score (nSPS) is 52.5. The molecule has 69 heavy (non-hydrogen) atoms. The molecule has 10 N–H and O–H groups in total. The molecule has 3 heterocycles. The number of esters is 2. The maximum atomic E-state index is 15.0. The molecule has 4 saturated carbocycles. The largest absolute Gasteiger partial charge is 0.463 e. The highest BCUT2D eigenvalue weighted by atomic mass is 16.8. The molecule has 19 heteroatoms. The van der Waals surface area contributed by atoms with Gasteiger partial charge in [-0.15, -0.1) is 0 Å². The zero-order chi connectivity index (χ0) is 50.7. The lowest BCUT2D eigenvalue weighted by atomic mass is 9.32. The Labute approximate surface area is 404 Å². The summed E-state index contributed by atoms with van der Waals surface area (Å²) in [6, 6.07) is 0. The molecule has 24 atom stereocenters. The molecular formula is C50H80O19. The average molecular weight is 985 g/mol. The summed E-state index contributed by atoms with van der Waals surface area (Å²) in [6.07, 6.45) is -17.6. The van der Waals surface area contributed by atoms with E-state index in [0.29, 0.717) is 25.2 Å². The first-order valence-electron chi connectivity index (χ1n) is 25.1. The van der Waals surface area contributed by atoms with Gasteiger partial charge in [0.2, 0.25) is 6.29 Å². The van der Waals surface area contributed by atoms with Crippen LogP contribution in [0.1, 0.15) is 120 Å². The second-order valence-corrected chi connectivity index (χ2v) is 24.1. The molecule has 0 unspecified atom stereocenters. The maximum Gasteiger partial charge on any atom is 0.315 e. The van der Waals surface area contributed by atoms with Gasteiger partial charge >= 0.3 is 11.9 Å². The van der Waals surface area contributed by atoms with Crippen LogP contribution in [0.25, 0.3) is 0 Å². The molecule has 3 aliphatic heterocycles. The topological polar surface area (TPSA) is 301 Å². The van der Waals surface area contributed by atoms with E-state index in [1.165, 1.54) is 12.5 Å². The van der Waals surface area contributed by atoms with Crippen LogP contribution in [0.2, 0.25) is 0 Å². The molecule has 0 spiro atoms. The van der Waals surface area contributed by atoms with Crippen LogP contribution in [0.5, 0.6) is 0 Å². The minimum Gasteiger partial charge on any atom is -0.463 e. The summed E-state index contributed by atoms with van der Waals surface area (Å²) in [5.41, 5.74) is -1.02. The first-order valence-corrected chi connectivity index (χ1v) is 25.1. The van der Waals surface area contributed by atoms with E-state index in [9.17, 15) is 60.7 Å². The summed E-state index contributed by atoms with van der Waals surface area (Å²) < 4.78 is 40.2. The summed E-state index contributed by atoms with van der Waals surface area (Å²) in [5, 5.41) is 110. The second kappa shape index (κ2) is 18.8. The van der Waals surface area contributed by atoms with E-state index < -0.39 is 134 Å². The first-order chi connectivity index (χ1) is 32.1.